The van der Waals surface area contributed by atoms with Gasteiger partial charge in [-0.15, -0.1) is 0 Å². The van der Waals surface area contributed by atoms with Crippen LogP contribution in [0.5, 0.6) is 23.0 Å². The van der Waals surface area contributed by atoms with Crippen LogP contribution in [0, 0.1) is 11.7 Å². The molecule has 0 bridgehead atoms. The molecule has 0 spiro atoms. The predicted octanol–water partition coefficient (Wildman–Crippen LogP) is 4.92. The fourth-order valence-corrected chi connectivity index (χ4v) is 4.96. The summed E-state index contributed by atoms with van der Waals surface area (Å²) in [5, 5.41) is 3.84. The number of nitrogens with zero attached hydrogens (tertiary/aromatic N) is 4. The van der Waals surface area contributed by atoms with Crippen molar-refractivity contribution in [3.8, 4) is 23.0 Å². The molecule has 1 fully saturated rings. The number of hydrogen-bond donors (Lipinski definition) is 2. The molecular weight excluding hydrogens is 565 g/mol. The van der Waals surface area contributed by atoms with Crippen LogP contribution in [-0.4, -0.2) is 66.0 Å². The zero-order valence-corrected chi connectivity index (χ0v) is 24.7. The highest BCUT2D eigenvalue weighted by molar-refractivity contribution is 7.85. The standard InChI is InChI=1S/C25H30FN3O3.C4H6N2O3S/c1-17-7-11-29(12-8-17)10-3-13-31-25-16-21-19(15-24(25)30-2)22(6-9-28-21)32-23-5-4-18(27)14-20(23)26;1-6-3-2-4(5-6)10(7,8)9/h4-6,9,14-17H,3,7-8,10-13,27H2,1-2H3;2-3H,1H3,(H,7,8,9). The van der Waals surface area contributed by atoms with Crippen LogP contribution in [0.4, 0.5) is 10.1 Å². The van der Waals surface area contributed by atoms with E-state index < -0.39 is 15.9 Å². The third kappa shape index (κ3) is 8.30. The summed E-state index contributed by atoms with van der Waals surface area (Å²) in [6.07, 6.45) is 6.55. The van der Waals surface area contributed by atoms with E-state index in [0.29, 0.717) is 40.4 Å². The normalized spacial score (nSPS) is 14.3. The highest BCUT2D eigenvalue weighted by Gasteiger charge is 2.16. The zero-order chi connectivity index (χ0) is 30.3. The first-order valence-corrected chi connectivity index (χ1v) is 15.0. The molecule has 1 aliphatic rings. The Balaban J connectivity index is 0.000000343. The van der Waals surface area contributed by atoms with Crippen LogP contribution in [-0.2, 0) is 17.2 Å². The van der Waals surface area contributed by atoms with E-state index in [1.165, 1.54) is 55.0 Å². The minimum absolute atomic E-state index is 0.0955. The van der Waals surface area contributed by atoms with Crippen LogP contribution in [0.2, 0.25) is 0 Å². The monoisotopic (exact) mass is 601 g/mol. The second-order valence-electron chi connectivity index (χ2n) is 10.2. The largest absolute Gasteiger partial charge is 0.493 e. The number of halogens is 1. The highest BCUT2D eigenvalue weighted by Crippen LogP contribution is 2.37. The Morgan fingerprint density at radius 2 is 1.83 bits per heavy atom. The lowest BCUT2D eigenvalue weighted by Gasteiger charge is -2.30. The second-order valence-corrected chi connectivity index (χ2v) is 11.5. The van der Waals surface area contributed by atoms with Crippen LogP contribution in [0.1, 0.15) is 26.2 Å². The van der Waals surface area contributed by atoms with Gasteiger partial charge in [0.25, 0.3) is 0 Å². The van der Waals surface area contributed by atoms with E-state index in [0.717, 1.165) is 18.9 Å². The number of anilines is 1. The van der Waals surface area contributed by atoms with Gasteiger partial charge in [-0.3, -0.25) is 14.2 Å². The lowest BCUT2D eigenvalue weighted by atomic mass is 9.99. The summed E-state index contributed by atoms with van der Waals surface area (Å²) in [5.41, 5.74) is 6.65. The molecule has 42 heavy (non-hydrogen) atoms. The molecule has 4 aromatic rings. The van der Waals surface area contributed by atoms with Gasteiger partial charge >= 0.3 is 10.1 Å². The van der Waals surface area contributed by atoms with Gasteiger partial charge in [0.1, 0.15) is 5.75 Å². The van der Waals surface area contributed by atoms with E-state index in [9.17, 15) is 12.8 Å². The number of aromatic nitrogens is 3. The number of rotatable bonds is 9. The van der Waals surface area contributed by atoms with Gasteiger partial charge < -0.3 is 24.8 Å². The van der Waals surface area contributed by atoms with E-state index in [4.69, 9.17) is 24.5 Å². The number of nitrogen functional groups attached to an aromatic ring is 1. The van der Waals surface area contributed by atoms with Gasteiger partial charge in [-0.25, -0.2) is 4.39 Å². The Hall–Kier alpha value is -3.94. The van der Waals surface area contributed by atoms with E-state index >= 15 is 0 Å². The predicted molar refractivity (Wildman–Crippen MR) is 157 cm³/mol. The van der Waals surface area contributed by atoms with Gasteiger partial charge in [0, 0.05) is 49.2 Å². The van der Waals surface area contributed by atoms with Crippen molar-refractivity contribution in [3.63, 3.8) is 0 Å². The molecule has 0 unspecified atom stereocenters. The smallest absolute Gasteiger partial charge is 0.313 e. The van der Waals surface area contributed by atoms with E-state index in [1.807, 2.05) is 12.1 Å². The SMILES string of the molecule is COc1cc2c(Oc3ccc(N)cc3F)ccnc2cc1OCCCN1CCC(C)CC1.Cn1ccc(S(=O)(=O)O)n1. The van der Waals surface area contributed by atoms with Gasteiger partial charge in [-0.1, -0.05) is 6.92 Å². The molecular formula is C29H36FN5O6S. The molecule has 3 N–H and O–H groups in total. The van der Waals surface area contributed by atoms with Crippen LogP contribution in [0.15, 0.2) is 59.9 Å². The fourth-order valence-electron chi connectivity index (χ4n) is 4.50. The minimum Gasteiger partial charge on any atom is -0.493 e. The number of piperidine rings is 1. The van der Waals surface area contributed by atoms with Gasteiger partial charge in [0.05, 0.1) is 19.2 Å². The third-order valence-corrected chi connectivity index (χ3v) is 7.62. The van der Waals surface area contributed by atoms with Crippen molar-refractivity contribution in [2.75, 3.05) is 39.1 Å². The molecule has 2 aromatic heterocycles. The van der Waals surface area contributed by atoms with Crippen molar-refractivity contribution in [1.82, 2.24) is 19.7 Å². The number of nitrogens with two attached hydrogens (primary N) is 1. The maximum absolute atomic E-state index is 14.2. The quantitative estimate of drug-likeness (QED) is 0.154. The molecule has 0 aliphatic carbocycles. The molecule has 226 valence electrons. The summed E-state index contributed by atoms with van der Waals surface area (Å²) in [6.45, 7) is 6.29. The van der Waals surface area contributed by atoms with Crippen LogP contribution >= 0.6 is 0 Å². The van der Waals surface area contributed by atoms with Crippen LogP contribution in [0.3, 0.4) is 0 Å². The lowest BCUT2D eigenvalue weighted by Crippen LogP contribution is -2.34. The van der Waals surface area contributed by atoms with Crippen molar-refractivity contribution < 1.29 is 31.6 Å². The van der Waals surface area contributed by atoms with Crippen LogP contribution in [0.25, 0.3) is 10.9 Å². The molecule has 11 nitrogen and oxygen atoms in total. The number of pyridine rings is 1. The molecule has 1 aliphatic heterocycles. The zero-order valence-electron chi connectivity index (χ0n) is 23.9. The van der Waals surface area contributed by atoms with Crippen molar-refractivity contribution >= 4 is 26.7 Å². The number of fused-ring (bicyclic) bond motifs is 1. The van der Waals surface area contributed by atoms with Gasteiger partial charge in [0.2, 0.25) is 5.03 Å². The lowest BCUT2D eigenvalue weighted by molar-refractivity contribution is 0.176. The Morgan fingerprint density at radius 1 is 1.07 bits per heavy atom. The number of benzene rings is 2. The Morgan fingerprint density at radius 3 is 2.45 bits per heavy atom. The number of likely N-dealkylation sites (tertiary alicyclic amines) is 1. The number of hydrogen-bond acceptors (Lipinski definition) is 9. The summed E-state index contributed by atoms with van der Waals surface area (Å²) in [5.74, 6) is 2.10. The summed E-state index contributed by atoms with van der Waals surface area (Å²) in [6, 6.07) is 10.9. The van der Waals surface area contributed by atoms with Gasteiger partial charge in [0.15, 0.2) is 23.1 Å². The molecule has 5 rings (SSSR count). The number of ether oxygens (including phenoxy) is 3. The molecule has 0 saturated carbocycles. The molecule has 0 radical (unpaired) electrons. The van der Waals surface area contributed by atoms with Crippen molar-refractivity contribution in [1.29, 1.82) is 0 Å². The second kappa shape index (κ2) is 13.8. The molecule has 0 atom stereocenters. The first-order chi connectivity index (χ1) is 20.0. The van der Waals surface area contributed by atoms with Crippen molar-refractivity contribution in [2.24, 2.45) is 13.0 Å². The number of aryl methyl sites for hydroxylation is 1. The number of methoxy groups -OCH3 is 1. The minimum atomic E-state index is -4.11. The molecule has 0 amide bonds. The molecule has 2 aromatic carbocycles. The summed E-state index contributed by atoms with van der Waals surface area (Å²) in [7, 11) is -0.953. The third-order valence-electron chi connectivity index (χ3n) is 6.87. The fraction of sp³-hybridized carbons (Fsp3) is 0.379. The topological polar surface area (TPSA) is 142 Å². The van der Waals surface area contributed by atoms with Gasteiger partial charge in [-0.05, 0) is 68.6 Å². The van der Waals surface area contributed by atoms with Gasteiger partial charge in [-0.2, -0.15) is 13.5 Å². The Labute approximate surface area is 244 Å². The van der Waals surface area contributed by atoms with E-state index in [-0.39, 0.29) is 10.8 Å². The van der Waals surface area contributed by atoms with Crippen molar-refractivity contribution in [2.45, 2.75) is 31.2 Å². The maximum Gasteiger partial charge on any atom is 0.313 e. The average molecular weight is 602 g/mol. The Bertz CT molecular complexity index is 1610. The summed E-state index contributed by atoms with van der Waals surface area (Å²) >= 11 is 0. The molecule has 3 heterocycles. The van der Waals surface area contributed by atoms with E-state index in [1.54, 1.807) is 32.5 Å². The molecule has 1 saturated heterocycles. The average Bonchev–Trinajstić information content (AvgIpc) is 3.41. The van der Waals surface area contributed by atoms with Crippen LogP contribution < -0.4 is 19.9 Å². The summed E-state index contributed by atoms with van der Waals surface area (Å²) < 4.78 is 61.9. The molecule has 13 heteroatoms. The first kappa shape index (κ1) is 31.0. The summed E-state index contributed by atoms with van der Waals surface area (Å²) in [4.78, 5) is 6.93. The van der Waals surface area contributed by atoms with Crippen molar-refractivity contribution in [3.05, 3.63) is 60.7 Å². The maximum atomic E-state index is 14.2. The van der Waals surface area contributed by atoms with E-state index in [2.05, 4.69) is 21.9 Å². The highest BCUT2D eigenvalue weighted by atomic mass is 32.2. The first-order valence-electron chi connectivity index (χ1n) is 13.6. The Kier molecular flexibility index (Phi) is 10.2.